The molecule has 14 heavy (non-hydrogen) atoms. The zero-order valence-electron chi connectivity index (χ0n) is 10.2. The summed E-state index contributed by atoms with van der Waals surface area (Å²) in [6, 6.07) is 0.799. The van der Waals surface area contributed by atoms with Gasteiger partial charge in [-0.25, -0.2) is 0 Å². The second-order valence-electron chi connectivity index (χ2n) is 5.26. The molecular weight excluding hydrogens is 170 g/mol. The third-order valence-corrected chi connectivity index (χ3v) is 3.43. The van der Waals surface area contributed by atoms with Crippen LogP contribution in [0.1, 0.15) is 59.3 Å². The van der Waals surface area contributed by atoms with Gasteiger partial charge in [-0.2, -0.15) is 0 Å². The van der Waals surface area contributed by atoms with Crippen LogP contribution in [-0.2, 0) is 0 Å². The fourth-order valence-electron chi connectivity index (χ4n) is 2.26. The summed E-state index contributed by atoms with van der Waals surface area (Å²) >= 11 is 0. The van der Waals surface area contributed by atoms with Crippen molar-refractivity contribution in [3.63, 3.8) is 0 Å². The van der Waals surface area contributed by atoms with E-state index in [1.165, 1.54) is 38.5 Å². The Labute approximate surface area is 89.7 Å². The predicted octanol–water partition coefficient (Wildman–Crippen LogP) is 3.59. The van der Waals surface area contributed by atoms with E-state index < -0.39 is 0 Å². The Morgan fingerprint density at radius 2 is 1.93 bits per heavy atom. The average molecular weight is 197 g/mol. The maximum atomic E-state index is 3.64. The van der Waals surface area contributed by atoms with Crippen molar-refractivity contribution < 1.29 is 0 Å². The van der Waals surface area contributed by atoms with Crippen molar-refractivity contribution in [2.24, 2.45) is 11.8 Å². The molecule has 1 atom stereocenters. The van der Waals surface area contributed by atoms with Crippen molar-refractivity contribution in [2.75, 3.05) is 6.54 Å². The summed E-state index contributed by atoms with van der Waals surface area (Å²) in [5.41, 5.74) is 0. The molecule has 0 aliphatic heterocycles. The second kappa shape index (κ2) is 6.44. The Morgan fingerprint density at radius 1 is 1.21 bits per heavy atom. The molecule has 1 nitrogen and oxygen atoms in total. The van der Waals surface area contributed by atoms with Crippen LogP contribution in [0.4, 0.5) is 0 Å². The Bertz CT molecular complexity index is 138. The lowest BCUT2D eigenvalue weighted by atomic mass is 9.80. The lowest BCUT2D eigenvalue weighted by molar-refractivity contribution is 0.250. The highest BCUT2D eigenvalue weighted by Gasteiger charge is 2.21. The highest BCUT2D eigenvalue weighted by molar-refractivity contribution is 4.77. The fourth-order valence-corrected chi connectivity index (χ4v) is 2.26. The Balaban J connectivity index is 2.15. The molecule has 0 radical (unpaired) electrons. The Hall–Kier alpha value is -0.0400. The molecule has 0 spiro atoms. The van der Waals surface area contributed by atoms with Gasteiger partial charge >= 0.3 is 0 Å². The highest BCUT2D eigenvalue weighted by atomic mass is 14.9. The van der Waals surface area contributed by atoms with Crippen LogP contribution >= 0.6 is 0 Å². The van der Waals surface area contributed by atoms with E-state index >= 15 is 0 Å². The molecule has 84 valence electrons. The first-order valence-electron chi connectivity index (χ1n) is 6.45. The van der Waals surface area contributed by atoms with Crippen LogP contribution in [-0.4, -0.2) is 12.6 Å². The molecule has 0 heterocycles. The summed E-state index contributed by atoms with van der Waals surface area (Å²) < 4.78 is 0. The number of nitrogens with one attached hydrogen (secondary N) is 1. The third-order valence-electron chi connectivity index (χ3n) is 3.43. The molecule has 1 saturated carbocycles. The van der Waals surface area contributed by atoms with Crippen LogP contribution in [0.2, 0.25) is 0 Å². The van der Waals surface area contributed by atoms with Crippen molar-refractivity contribution in [3.8, 4) is 0 Å². The van der Waals surface area contributed by atoms with Crippen LogP contribution in [0.15, 0.2) is 0 Å². The van der Waals surface area contributed by atoms with Gasteiger partial charge in [0.2, 0.25) is 0 Å². The first-order valence-corrected chi connectivity index (χ1v) is 6.45. The molecule has 0 aromatic carbocycles. The summed E-state index contributed by atoms with van der Waals surface area (Å²) in [7, 11) is 0. The maximum Gasteiger partial charge on any atom is 0.00696 e. The van der Waals surface area contributed by atoms with Gasteiger partial charge in [-0.1, -0.05) is 40.0 Å². The third kappa shape index (κ3) is 4.45. The van der Waals surface area contributed by atoms with Crippen LogP contribution in [0.5, 0.6) is 0 Å². The van der Waals surface area contributed by atoms with E-state index in [0.29, 0.717) is 0 Å². The molecule has 0 aromatic rings. The number of hydrogen-bond acceptors (Lipinski definition) is 1. The van der Waals surface area contributed by atoms with Gasteiger partial charge in [-0.15, -0.1) is 0 Å². The summed E-state index contributed by atoms with van der Waals surface area (Å²) in [6.45, 7) is 8.01. The van der Waals surface area contributed by atoms with Crippen molar-refractivity contribution >= 4 is 0 Å². The quantitative estimate of drug-likeness (QED) is 0.657. The molecule has 1 N–H and O–H groups in total. The minimum absolute atomic E-state index is 0.799. The van der Waals surface area contributed by atoms with Crippen molar-refractivity contribution in [1.82, 2.24) is 5.32 Å². The monoisotopic (exact) mass is 197 g/mol. The van der Waals surface area contributed by atoms with Crippen LogP contribution in [0, 0.1) is 11.8 Å². The Morgan fingerprint density at radius 3 is 2.36 bits per heavy atom. The van der Waals surface area contributed by atoms with Crippen molar-refractivity contribution in [2.45, 2.75) is 65.3 Å². The molecule has 0 aromatic heterocycles. The van der Waals surface area contributed by atoms with Gasteiger partial charge in [0.15, 0.2) is 0 Å². The van der Waals surface area contributed by atoms with E-state index in [9.17, 15) is 0 Å². The van der Waals surface area contributed by atoms with E-state index in [0.717, 1.165) is 24.4 Å². The summed E-state index contributed by atoms with van der Waals surface area (Å²) in [5.74, 6) is 1.91. The van der Waals surface area contributed by atoms with Gasteiger partial charge in [0, 0.05) is 6.04 Å². The van der Waals surface area contributed by atoms with E-state index in [-0.39, 0.29) is 0 Å². The fraction of sp³-hybridized carbons (Fsp3) is 1.00. The topological polar surface area (TPSA) is 12.0 Å². The standard InChI is InChI=1S/C13H27N/c1-4-14-13(9-8-11(2)3)10-12-6-5-7-12/h11-14H,4-10H2,1-3H3. The van der Waals surface area contributed by atoms with Crippen LogP contribution in [0.25, 0.3) is 0 Å². The number of rotatable bonds is 7. The smallest absolute Gasteiger partial charge is 0.00696 e. The van der Waals surface area contributed by atoms with Crippen molar-refractivity contribution in [3.05, 3.63) is 0 Å². The summed E-state index contributed by atoms with van der Waals surface area (Å²) in [4.78, 5) is 0. The second-order valence-corrected chi connectivity index (χ2v) is 5.26. The maximum absolute atomic E-state index is 3.64. The van der Waals surface area contributed by atoms with Gasteiger partial charge in [0.25, 0.3) is 0 Å². The predicted molar refractivity (Wildman–Crippen MR) is 63.5 cm³/mol. The van der Waals surface area contributed by atoms with E-state index in [1.807, 2.05) is 0 Å². The Kier molecular flexibility index (Phi) is 5.54. The first-order chi connectivity index (χ1) is 6.72. The minimum Gasteiger partial charge on any atom is -0.314 e. The van der Waals surface area contributed by atoms with Crippen LogP contribution in [0.3, 0.4) is 0 Å². The average Bonchev–Trinajstić information content (AvgIpc) is 2.06. The molecule has 1 rings (SSSR count). The minimum atomic E-state index is 0.799. The molecule has 0 amide bonds. The molecule has 1 unspecified atom stereocenters. The zero-order chi connectivity index (χ0) is 10.4. The molecule has 1 aliphatic carbocycles. The van der Waals surface area contributed by atoms with Crippen molar-refractivity contribution in [1.29, 1.82) is 0 Å². The van der Waals surface area contributed by atoms with E-state index in [4.69, 9.17) is 0 Å². The van der Waals surface area contributed by atoms with Gasteiger partial charge in [-0.3, -0.25) is 0 Å². The van der Waals surface area contributed by atoms with Gasteiger partial charge in [0.1, 0.15) is 0 Å². The van der Waals surface area contributed by atoms with E-state index in [1.54, 1.807) is 0 Å². The van der Waals surface area contributed by atoms with Crippen LogP contribution < -0.4 is 5.32 Å². The summed E-state index contributed by atoms with van der Waals surface area (Å²) in [5, 5.41) is 3.64. The van der Waals surface area contributed by atoms with E-state index in [2.05, 4.69) is 26.1 Å². The molecule has 1 fully saturated rings. The summed E-state index contributed by atoms with van der Waals surface area (Å²) in [6.07, 6.45) is 8.65. The van der Waals surface area contributed by atoms with Gasteiger partial charge in [-0.05, 0) is 37.6 Å². The lowest BCUT2D eigenvalue weighted by Gasteiger charge is -2.30. The largest absolute Gasteiger partial charge is 0.314 e. The molecule has 0 bridgehead atoms. The zero-order valence-corrected chi connectivity index (χ0v) is 10.2. The number of hydrogen-bond donors (Lipinski definition) is 1. The van der Waals surface area contributed by atoms with Gasteiger partial charge < -0.3 is 5.32 Å². The molecule has 0 saturated heterocycles. The normalized spacial score (nSPS) is 19.7. The first kappa shape index (κ1) is 12.0. The molecular formula is C13H27N. The molecule has 1 heteroatoms. The SMILES string of the molecule is CCNC(CCC(C)C)CC1CCC1. The lowest BCUT2D eigenvalue weighted by Crippen LogP contribution is -2.33. The highest BCUT2D eigenvalue weighted by Crippen LogP contribution is 2.31. The van der Waals surface area contributed by atoms with Gasteiger partial charge in [0.05, 0.1) is 0 Å². The molecule has 1 aliphatic rings.